The van der Waals surface area contributed by atoms with Gasteiger partial charge in [0.15, 0.2) is 11.2 Å². The van der Waals surface area contributed by atoms with Crippen molar-refractivity contribution in [2.75, 3.05) is 0 Å². The maximum atomic E-state index is 13.5. The van der Waals surface area contributed by atoms with Gasteiger partial charge in [0.05, 0.1) is 5.69 Å². The van der Waals surface area contributed by atoms with Crippen LogP contribution >= 0.6 is 0 Å². The van der Waals surface area contributed by atoms with Crippen LogP contribution in [0.15, 0.2) is 41.5 Å². The standard InChI is InChI=1S/C24H30N6O2/c31-21(29(18-10-4-1-5-11-18)19-12-6-2-7-13-19)16-28-17-25-23-22(24(28)32)26-27-30(23)20-14-8-3-9-15-20/h3,8-9,14-15,17-19H,1-2,4-7,10-13,16H2. The van der Waals surface area contributed by atoms with Crippen molar-refractivity contribution in [3.63, 3.8) is 0 Å². The molecular weight excluding hydrogens is 404 g/mol. The lowest BCUT2D eigenvalue weighted by Crippen LogP contribution is -2.50. The summed E-state index contributed by atoms with van der Waals surface area (Å²) in [5.74, 6) is 0.0301. The first kappa shape index (κ1) is 20.8. The van der Waals surface area contributed by atoms with Crippen LogP contribution in [0.5, 0.6) is 0 Å². The maximum Gasteiger partial charge on any atom is 0.284 e. The molecule has 2 saturated carbocycles. The monoisotopic (exact) mass is 434 g/mol. The predicted octanol–water partition coefficient (Wildman–Crippen LogP) is 3.47. The third-order valence-electron chi connectivity index (χ3n) is 6.96. The Labute approximate surface area is 187 Å². The average Bonchev–Trinajstić information content (AvgIpc) is 3.28. The number of amides is 1. The van der Waals surface area contributed by atoms with Gasteiger partial charge in [-0.05, 0) is 37.8 Å². The van der Waals surface area contributed by atoms with Gasteiger partial charge in [0.1, 0.15) is 12.9 Å². The number of benzene rings is 1. The van der Waals surface area contributed by atoms with Gasteiger partial charge in [-0.3, -0.25) is 14.2 Å². The van der Waals surface area contributed by atoms with Gasteiger partial charge in [-0.25, -0.2) is 4.98 Å². The third kappa shape index (κ3) is 4.06. The summed E-state index contributed by atoms with van der Waals surface area (Å²) in [4.78, 5) is 33.2. The summed E-state index contributed by atoms with van der Waals surface area (Å²) >= 11 is 0. The zero-order valence-electron chi connectivity index (χ0n) is 18.4. The van der Waals surface area contributed by atoms with Gasteiger partial charge in [0.2, 0.25) is 5.91 Å². The molecule has 0 radical (unpaired) electrons. The number of hydrogen-bond donors (Lipinski definition) is 0. The molecule has 0 unspecified atom stereocenters. The van der Waals surface area contributed by atoms with E-state index in [1.54, 1.807) is 4.68 Å². The van der Waals surface area contributed by atoms with E-state index in [1.807, 2.05) is 30.3 Å². The highest BCUT2D eigenvalue weighted by atomic mass is 16.2. The van der Waals surface area contributed by atoms with Crippen LogP contribution in [-0.4, -0.2) is 47.4 Å². The normalized spacial score (nSPS) is 18.1. The molecule has 0 bridgehead atoms. The number of fused-ring (bicyclic) bond motifs is 1. The highest BCUT2D eigenvalue weighted by Gasteiger charge is 2.32. The van der Waals surface area contributed by atoms with Crippen molar-refractivity contribution in [2.45, 2.75) is 82.8 Å². The summed E-state index contributed by atoms with van der Waals surface area (Å²) in [5, 5.41) is 8.20. The maximum absolute atomic E-state index is 13.5. The van der Waals surface area contributed by atoms with Crippen molar-refractivity contribution in [1.82, 2.24) is 29.4 Å². The van der Waals surface area contributed by atoms with Crippen molar-refractivity contribution in [1.29, 1.82) is 0 Å². The molecule has 1 amide bonds. The highest BCUT2D eigenvalue weighted by Crippen LogP contribution is 2.30. The van der Waals surface area contributed by atoms with Crippen LogP contribution in [0.2, 0.25) is 0 Å². The second-order valence-corrected chi connectivity index (χ2v) is 9.07. The number of nitrogens with zero attached hydrogens (tertiary/aromatic N) is 6. The molecule has 32 heavy (non-hydrogen) atoms. The first-order chi connectivity index (χ1) is 15.7. The quantitative estimate of drug-likeness (QED) is 0.614. The van der Waals surface area contributed by atoms with E-state index in [-0.39, 0.29) is 23.5 Å². The number of carbonyl (C=O) groups is 1. The lowest BCUT2D eigenvalue weighted by Gasteiger charge is -2.42. The smallest absolute Gasteiger partial charge is 0.284 e. The lowest BCUT2D eigenvalue weighted by atomic mass is 9.88. The molecule has 8 heteroatoms. The van der Waals surface area contributed by atoms with Crippen LogP contribution in [0.1, 0.15) is 64.2 Å². The summed E-state index contributed by atoms with van der Waals surface area (Å²) in [6.07, 6.45) is 13.0. The molecule has 3 aromatic rings. The zero-order chi connectivity index (χ0) is 21.9. The fourth-order valence-corrected chi connectivity index (χ4v) is 5.35. The van der Waals surface area contributed by atoms with Gasteiger partial charge >= 0.3 is 0 Å². The van der Waals surface area contributed by atoms with Crippen LogP contribution in [0.25, 0.3) is 16.9 Å². The van der Waals surface area contributed by atoms with Crippen molar-refractivity contribution >= 4 is 17.1 Å². The summed E-state index contributed by atoms with van der Waals surface area (Å²) in [5.41, 5.74) is 1.06. The van der Waals surface area contributed by atoms with E-state index in [0.717, 1.165) is 31.4 Å². The van der Waals surface area contributed by atoms with Crippen LogP contribution < -0.4 is 5.56 Å². The second-order valence-electron chi connectivity index (χ2n) is 9.07. The molecule has 2 aliphatic rings. The minimum Gasteiger partial charge on any atom is -0.335 e. The van der Waals surface area contributed by atoms with Gasteiger partial charge < -0.3 is 4.90 Å². The minimum absolute atomic E-state index is 0.00691. The van der Waals surface area contributed by atoms with E-state index < -0.39 is 0 Å². The Bertz CT molecular complexity index is 1110. The van der Waals surface area contributed by atoms with Gasteiger partial charge in [0, 0.05) is 12.1 Å². The highest BCUT2D eigenvalue weighted by molar-refractivity contribution is 5.77. The first-order valence-corrected chi connectivity index (χ1v) is 11.9. The Balaban J connectivity index is 1.42. The van der Waals surface area contributed by atoms with E-state index in [9.17, 15) is 9.59 Å². The molecule has 0 spiro atoms. The summed E-state index contributed by atoms with van der Waals surface area (Å²) in [6, 6.07) is 10.1. The Hall–Kier alpha value is -3.03. The van der Waals surface area contributed by atoms with Crippen molar-refractivity contribution in [3.05, 3.63) is 47.0 Å². The second kappa shape index (κ2) is 9.22. The molecular formula is C24H30N6O2. The predicted molar refractivity (Wildman–Crippen MR) is 122 cm³/mol. The SMILES string of the molecule is O=C(Cn1cnc2c(nnn2-c2ccccc2)c1=O)N(C1CCCCC1)C1CCCCC1. The van der Waals surface area contributed by atoms with E-state index in [1.165, 1.54) is 49.4 Å². The van der Waals surface area contributed by atoms with E-state index in [0.29, 0.717) is 17.7 Å². The van der Waals surface area contributed by atoms with Crippen molar-refractivity contribution < 1.29 is 4.79 Å². The molecule has 0 atom stereocenters. The van der Waals surface area contributed by atoms with Crippen LogP contribution in [0.4, 0.5) is 0 Å². The summed E-state index contributed by atoms with van der Waals surface area (Å²) in [6.45, 7) is 0.00691. The van der Waals surface area contributed by atoms with Gasteiger partial charge in [-0.15, -0.1) is 5.10 Å². The number of carbonyl (C=O) groups excluding carboxylic acids is 1. The zero-order valence-corrected chi connectivity index (χ0v) is 18.4. The molecule has 2 aromatic heterocycles. The molecule has 0 N–H and O–H groups in total. The average molecular weight is 435 g/mol. The Kier molecular flexibility index (Phi) is 6.01. The molecule has 5 rings (SSSR count). The lowest BCUT2D eigenvalue weighted by molar-refractivity contribution is -0.138. The van der Waals surface area contributed by atoms with Gasteiger partial charge in [0.25, 0.3) is 5.56 Å². The van der Waals surface area contributed by atoms with E-state index in [2.05, 4.69) is 20.2 Å². The largest absolute Gasteiger partial charge is 0.335 e. The number of hydrogen-bond acceptors (Lipinski definition) is 5. The van der Waals surface area contributed by atoms with E-state index >= 15 is 0 Å². The number of rotatable bonds is 5. The summed E-state index contributed by atoms with van der Waals surface area (Å²) in [7, 11) is 0. The fourth-order valence-electron chi connectivity index (χ4n) is 5.35. The molecule has 8 nitrogen and oxygen atoms in total. The van der Waals surface area contributed by atoms with Gasteiger partial charge in [-0.2, -0.15) is 4.68 Å². The Morgan fingerprint density at radius 3 is 2.19 bits per heavy atom. The van der Waals surface area contributed by atoms with Crippen LogP contribution in [0, 0.1) is 0 Å². The van der Waals surface area contributed by atoms with Crippen molar-refractivity contribution in [3.8, 4) is 5.69 Å². The minimum atomic E-state index is -0.322. The topological polar surface area (TPSA) is 85.9 Å². The summed E-state index contributed by atoms with van der Waals surface area (Å²) < 4.78 is 2.95. The number of aromatic nitrogens is 5. The molecule has 0 aliphatic heterocycles. The molecule has 2 heterocycles. The molecule has 2 aliphatic carbocycles. The van der Waals surface area contributed by atoms with Gasteiger partial charge in [-0.1, -0.05) is 61.9 Å². The van der Waals surface area contributed by atoms with Crippen molar-refractivity contribution in [2.24, 2.45) is 0 Å². The van der Waals surface area contributed by atoms with Crippen LogP contribution in [0.3, 0.4) is 0 Å². The Morgan fingerprint density at radius 2 is 1.56 bits per heavy atom. The fraction of sp³-hybridized carbons (Fsp3) is 0.542. The Morgan fingerprint density at radius 1 is 0.938 bits per heavy atom. The van der Waals surface area contributed by atoms with E-state index in [4.69, 9.17) is 0 Å². The molecule has 2 fully saturated rings. The third-order valence-corrected chi connectivity index (χ3v) is 6.96. The molecule has 1 aromatic carbocycles. The molecule has 168 valence electrons. The number of para-hydroxylation sites is 1. The van der Waals surface area contributed by atoms with Crippen LogP contribution in [-0.2, 0) is 11.3 Å². The molecule has 0 saturated heterocycles. The first-order valence-electron chi connectivity index (χ1n) is 11.9.